The molecular weight excluding hydrogens is 534 g/mol. The van der Waals surface area contributed by atoms with Gasteiger partial charge in [-0.25, -0.2) is 8.42 Å². The fraction of sp³-hybridized carbons (Fsp3) is 0.586. The predicted octanol–water partition coefficient (Wildman–Crippen LogP) is 4.97. The Labute approximate surface area is 240 Å². The molecular formula is C29H45N3O5S2. The quantitative estimate of drug-likeness (QED) is 0.235. The average Bonchev–Trinajstić information content (AvgIpc) is 2.83. The summed E-state index contributed by atoms with van der Waals surface area (Å²) >= 11 is 5.52. The number of esters is 1. The molecule has 1 aromatic carbocycles. The van der Waals surface area contributed by atoms with Gasteiger partial charge in [0.1, 0.15) is 5.75 Å². The zero-order valence-corrected chi connectivity index (χ0v) is 26.2. The number of hydrogen-bond acceptors (Lipinski definition) is 6. The molecule has 0 radical (unpaired) electrons. The minimum absolute atomic E-state index is 0.0832. The molecule has 0 spiro atoms. The van der Waals surface area contributed by atoms with Gasteiger partial charge in [-0.15, -0.1) is 0 Å². The molecule has 0 fully saturated rings. The summed E-state index contributed by atoms with van der Waals surface area (Å²) in [5.74, 6) is 0.838. The molecule has 2 rings (SSSR count). The fourth-order valence-electron chi connectivity index (χ4n) is 4.32. The van der Waals surface area contributed by atoms with Gasteiger partial charge in [-0.1, -0.05) is 35.8 Å². The molecule has 2 unspecified atom stereocenters. The topological polar surface area (TPSA) is 106 Å². The lowest BCUT2D eigenvalue weighted by Gasteiger charge is -2.27. The summed E-state index contributed by atoms with van der Waals surface area (Å²) in [5.41, 5.74) is 4.94. The summed E-state index contributed by atoms with van der Waals surface area (Å²) in [6.45, 7) is 13.7. The van der Waals surface area contributed by atoms with Gasteiger partial charge in [0.05, 0.1) is 31.1 Å². The molecule has 0 aromatic heterocycles. The third-order valence-electron chi connectivity index (χ3n) is 6.78. The van der Waals surface area contributed by atoms with Crippen molar-refractivity contribution >= 4 is 39.0 Å². The molecule has 10 heteroatoms. The molecule has 0 amide bonds. The number of hydrogen-bond donors (Lipinski definition) is 3. The van der Waals surface area contributed by atoms with E-state index in [0.717, 1.165) is 24.7 Å². The smallest absolute Gasteiger partial charge is 0.311 e. The number of anilines is 1. The van der Waals surface area contributed by atoms with Crippen molar-refractivity contribution in [2.45, 2.75) is 60.8 Å². The Morgan fingerprint density at radius 3 is 2.49 bits per heavy atom. The van der Waals surface area contributed by atoms with E-state index in [0.29, 0.717) is 48.6 Å². The molecule has 39 heavy (non-hydrogen) atoms. The van der Waals surface area contributed by atoms with Crippen LogP contribution in [0.5, 0.6) is 5.75 Å². The second-order valence-electron chi connectivity index (χ2n) is 11.5. The number of carbonyl (C=O) groups is 1. The van der Waals surface area contributed by atoms with Gasteiger partial charge in [-0.2, -0.15) is 0 Å². The maximum Gasteiger partial charge on any atom is 0.311 e. The Kier molecular flexibility index (Phi) is 11.8. The van der Waals surface area contributed by atoms with Gasteiger partial charge in [-0.3, -0.25) is 9.52 Å². The Morgan fingerprint density at radius 1 is 1.21 bits per heavy atom. The Hall–Kier alpha value is -2.59. The number of sulfonamides is 1. The van der Waals surface area contributed by atoms with Gasteiger partial charge in [0, 0.05) is 19.0 Å². The largest absolute Gasteiger partial charge is 0.495 e. The van der Waals surface area contributed by atoms with E-state index in [9.17, 15) is 13.2 Å². The maximum atomic E-state index is 12.4. The molecule has 8 nitrogen and oxygen atoms in total. The number of thiocarbonyl (C=S) groups is 1. The molecule has 1 aliphatic rings. The number of rotatable bonds is 12. The van der Waals surface area contributed by atoms with E-state index in [1.54, 1.807) is 6.07 Å². The van der Waals surface area contributed by atoms with Crippen molar-refractivity contribution in [1.82, 2.24) is 10.6 Å². The van der Waals surface area contributed by atoms with E-state index in [1.807, 2.05) is 32.9 Å². The number of methoxy groups -OCH3 is 1. The first kappa shape index (κ1) is 32.6. The zero-order chi connectivity index (χ0) is 29.4. The lowest BCUT2D eigenvalue weighted by atomic mass is 9.82. The molecule has 2 atom stereocenters. The molecule has 0 saturated heterocycles. The second kappa shape index (κ2) is 14.2. The van der Waals surface area contributed by atoms with Crippen molar-refractivity contribution < 1.29 is 22.7 Å². The van der Waals surface area contributed by atoms with Gasteiger partial charge in [0.2, 0.25) is 10.0 Å². The molecule has 218 valence electrons. The van der Waals surface area contributed by atoms with Crippen LogP contribution in [0, 0.1) is 17.3 Å². The van der Waals surface area contributed by atoms with E-state index in [1.165, 1.54) is 23.8 Å². The molecule has 1 aliphatic carbocycles. The zero-order valence-electron chi connectivity index (χ0n) is 24.6. The van der Waals surface area contributed by atoms with Gasteiger partial charge in [-0.05, 0) is 89.7 Å². The summed E-state index contributed by atoms with van der Waals surface area (Å²) in [4.78, 5) is 12.4. The fourth-order valence-corrected chi connectivity index (χ4v) is 5.08. The van der Waals surface area contributed by atoms with Crippen molar-refractivity contribution in [2.24, 2.45) is 17.3 Å². The first-order valence-corrected chi connectivity index (χ1v) is 15.6. The van der Waals surface area contributed by atoms with Crippen LogP contribution in [-0.2, 0) is 26.0 Å². The maximum absolute atomic E-state index is 12.4. The lowest BCUT2D eigenvalue weighted by molar-refractivity contribution is -0.154. The molecule has 0 heterocycles. The average molecular weight is 580 g/mol. The van der Waals surface area contributed by atoms with Crippen molar-refractivity contribution in [1.29, 1.82) is 0 Å². The van der Waals surface area contributed by atoms with Crippen molar-refractivity contribution in [3.05, 3.63) is 46.6 Å². The van der Waals surface area contributed by atoms with Crippen LogP contribution in [0.4, 0.5) is 5.69 Å². The first-order valence-electron chi connectivity index (χ1n) is 13.3. The molecule has 0 bridgehead atoms. The van der Waals surface area contributed by atoms with Gasteiger partial charge in [0.15, 0.2) is 5.11 Å². The van der Waals surface area contributed by atoms with Crippen LogP contribution in [0.15, 0.2) is 41.0 Å². The van der Waals surface area contributed by atoms with Crippen molar-refractivity contribution in [2.75, 3.05) is 37.8 Å². The van der Waals surface area contributed by atoms with E-state index in [2.05, 4.69) is 42.2 Å². The summed E-state index contributed by atoms with van der Waals surface area (Å²) in [6.07, 6.45) is 5.88. The third kappa shape index (κ3) is 11.2. The van der Waals surface area contributed by atoms with Crippen LogP contribution in [0.25, 0.3) is 0 Å². The van der Waals surface area contributed by atoms with Crippen molar-refractivity contribution in [3.8, 4) is 5.75 Å². The normalized spacial score (nSPS) is 16.7. The van der Waals surface area contributed by atoms with Gasteiger partial charge in [0.25, 0.3) is 0 Å². The number of benzene rings is 1. The third-order valence-corrected chi connectivity index (χ3v) is 7.65. The predicted molar refractivity (Wildman–Crippen MR) is 163 cm³/mol. The number of nitrogens with one attached hydrogen (secondary N) is 3. The van der Waals surface area contributed by atoms with Gasteiger partial charge < -0.3 is 20.1 Å². The summed E-state index contributed by atoms with van der Waals surface area (Å²) < 4.78 is 36.6. The molecule has 0 saturated carbocycles. The highest BCUT2D eigenvalue weighted by Crippen LogP contribution is 2.32. The van der Waals surface area contributed by atoms with Crippen LogP contribution < -0.4 is 20.1 Å². The molecule has 1 aromatic rings. The standard InChI is InChI=1S/C29H45N3O5S2/c1-19-13-23(14-20(2)21(19)3)15-24(18-37-27(33)29(4,5)6)17-31-28(38)30-12-11-22-9-10-25(26(16-22)36-7)32-39(8,34)35/h9-10,13,16,20,24,32H,11-12,14-15,17-18H2,1-8H3,(H2,30,31,38). The number of ether oxygens (including phenoxy) is 2. The van der Waals surface area contributed by atoms with Crippen LogP contribution in [0.2, 0.25) is 0 Å². The highest BCUT2D eigenvalue weighted by atomic mass is 32.2. The lowest BCUT2D eigenvalue weighted by Crippen LogP contribution is -2.40. The Morgan fingerprint density at radius 2 is 1.90 bits per heavy atom. The van der Waals surface area contributed by atoms with E-state index >= 15 is 0 Å². The molecule has 3 N–H and O–H groups in total. The number of allylic oxidation sites excluding steroid dienone is 4. The van der Waals surface area contributed by atoms with Crippen LogP contribution in [-0.4, -0.2) is 52.6 Å². The Bertz CT molecular complexity index is 1200. The monoisotopic (exact) mass is 579 g/mol. The SMILES string of the molecule is COc1cc(CCNC(=S)NCC(COC(=O)C(C)(C)C)CC2=CC(C)=C(C)C(C)C2)ccc1NS(C)(=O)=O. The molecule has 0 aliphatic heterocycles. The summed E-state index contributed by atoms with van der Waals surface area (Å²) in [7, 11) is -1.90. The summed E-state index contributed by atoms with van der Waals surface area (Å²) in [5, 5.41) is 7.06. The van der Waals surface area contributed by atoms with E-state index in [-0.39, 0.29) is 11.9 Å². The second-order valence-corrected chi connectivity index (χ2v) is 13.6. The van der Waals surface area contributed by atoms with Crippen LogP contribution >= 0.6 is 12.2 Å². The van der Waals surface area contributed by atoms with Crippen LogP contribution in [0.3, 0.4) is 0 Å². The summed E-state index contributed by atoms with van der Waals surface area (Å²) in [6, 6.07) is 5.35. The number of carbonyl (C=O) groups excluding carboxylic acids is 1. The van der Waals surface area contributed by atoms with Crippen LogP contribution in [0.1, 0.15) is 59.9 Å². The Balaban J connectivity index is 1.94. The highest BCUT2D eigenvalue weighted by Gasteiger charge is 2.25. The minimum atomic E-state index is -3.40. The van der Waals surface area contributed by atoms with Gasteiger partial charge >= 0.3 is 5.97 Å². The first-order chi connectivity index (χ1) is 18.1. The van der Waals surface area contributed by atoms with Crippen molar-refractivity contribution in [3.63, 3.8) is 0 Å². The minimum Gasteiger partial charge on any atom is -0.495 e. The van der Waals surface area contributed by atoms with E-state index in [4.69, 9.17) is 21.7 Å². The highest BCUT2D eigenvalue weighted by molar-refractivity contribution is 7.92. The van der Waals surface area contributed by atoms with E-state index < -0.39 is 15.4 Å².